The van der Waals surface area contributed by atoms with Gasteiger partial charge in [0, 0.05) is 17.6 Å². The molecule has 0 heterocycles. The first-order valence-electron chi connectivity index (χ1n) is 11.3. The molecule has 0 N–H and O–H groups in total. The monoisotopic (exact) mass is 470 g/mol. The molecule has 1 unspecified atom stereocenters. The van der Waals surface area contributed by atoms with E-state index < -0.39 is 11.9 Å². The van der Waals surface area contributed by atoms with Crippen LogP contribution in [0.4, 0.5) is 0 Å². The second-order valence-electron chi connectivity index (χ2n) is 8.02. The van der Waals surface area contributed by atoms with Crippen LogP contribution in [-0.2, 0) is 34.0 Å². The fourth-order valence-electron chi connectivity index (χ4n) is 3.30. The van der Waals surface area contributed by atoms with Gasteiger partial charge in [-0.25, -0.2) is 9.59 Å². The molecule has 0 aliphatic heterocycles. The van der Waals surface area contributed by atoms with Crippen molar-refractivity contribution in [2.45, 2.75) is 31.8 Å². The maximum Gasteiger partial charge on any atom is 0.330 e. The van der Waals surface area contributed by atoms with Crippen LogP contribution in [0.1, 0.15) is 25.8 Å². The number of carbonyl (C=O) groups excluding carboxylic acids is 2. The Labute approximate surface area is 201 Å². The SMILES string of the molecule is C=CC(=O)OCCOCCOC1C=CC(C(C)(C)c2ccc(OCCOC(=O)C=C)cc2)=CC1. The average molecular weight is 471 g/mol. The number of hydrogen-bond donors (Lipinski definition) is 0. The molecule has 184 valence electrons. The normalized spacial score (nSPS) is 15.2. The zero-order valence-corrected chi connectivity index (χ0v) is 20.0. The molecule has 1 aliphatic carbocycles. The van der Waals surface area contributed by atoms with Gasteiger partial charge in [0.05, 0.1) is 25.9 Å². The van der Waals surface area contributed by atoms with Crippen molar-refractivity contribution in [2.24, 2.45) is 0 Å². The van der Waals surface area contributed by atoms with Gasteiger partial charge in [0.15, 0.2) is 0 Å². The van der Waals surface area contributed by atoms with Gasteiger partial charge in [-0.3, -0.25) is 0 Å². The third-order valence-corrected chi connectivity index (χ3v) is 5.32. The minimum absolute atomic E-state index is 0.00714. The highest BCUT2D eigenvalue weighted by Crippen LogP contribution is 2.35. The van der Waals surface area contributed by atoms with Crippen LogP contribution in [0.25, 0.3) is 0 Å². The van der Waals surface area contributed by atoms with Crippen molar-refractivity contribution in [2.75, 3.05) is 39.6 Å². The predicted octanol–water partition coefficient (Wildman–Crippen LogP) is 4.09. The molecule has 1 aromatic rings. The predicted molar refractivity (Wildman–Crippen MR) is 130 cm³/mol. The van der Waals surface area contributed by atoms with Gasteiger partial charge >= 0.3 is 11.9 Å². The fourth-order valence-corrected chi connectivity index (χ4v) is 3.30. The maximum atomic E-state index is 11.0. The van der Waals surface area contributed by atoms with Gasteiger partial charge in [-0.1, -0.05) is 57.4 Å². The third kappa shape index (κ3) is 9.00. The summed E-state index contributed by atoms with van der Waals surface area (Å²) in [5, 5.41) is 0. The van der Waals surface area contributed by atoms with Gasteiger partial charge in [-0.05, 0) is 29.7 Å². The van der Waals surface area contributed by atoms with Crippen LogP contribution < -0.4 is 4.74 Å². The van der Waals surface area contributed by atoms with Crippen molar-refractivity contribution in [3.05, 3.63) is 78.9 Å². The molecule has 0 amide bonds. The van der Waals surface area contributed by atoms with Crippen LogP contribution in [0.2, 0.25) is 0 Å². The van der Waals surface area contributed by atoms with Gasteiger partial charge in [-0.15, -0.1) is 0 Å². The molecular weight excluding hydrogens is 436 g/mol. The summed E-state index contributed by atoms with van der Waals surface area (Å²) in [5.74, 6) is -0.193. The smallest absolute Gasteiger partial charge is 0.330 e. The molecule has 1 aliphatic rings. The number of esters is 2. The van der Waals surface area contributed by atoms with Gasteiger partial charge in [0.1, 0.15) is 25.6 Å². The lowest BCUT2D eigenvalue weighted by molar-refractivity contribution is -0.139. The zero-order valence-electron chi connectivity index (χ0n) is 20.0. The quantitative estimate of drug-likeness (QED) is 0.217. The van der Waals surface area contributed by atoms with E-state index in [-0.39, 0.29) is 31.3 Å². The van der Waals surface area contributed by atoms with E-state index in [1.165, 1.54) is 11.1 Å². The first-order valence-corrected chi connectivity index (χ1v) is 11.3. The van der Waals surface area contributed by atoms with Crippen molar-refractivity contribution in [3.8, 4) is 5.75 Å². The Morgan fingerprint density at radius 1 is 0.941 bits per heavy atom. The zero-order chi connectivity index (χ0) is 24.8. The van der Waals surface area contributed by atoms with E-state index in [4.69, 9.17) is 23.7 Å². The summed E-state index contributed by atoms with van der Waals surface area (Å²) in [6.07, 6.45) is 9.44. The van der Waals surface area contributed by atoms with Gasteiger partial charge in [-0.2, -0.15) is 0 Å². The lowest BCUT2D eigenvalue weighted by Crippen LogP contribution is -2.23. The fraction of sp³-hybridized carbons (Fsp3) is 0.407. The van der Waals surface area contributed by atoms with Gasteiger partial charge in [0.2, 0.25) is 0 Å². The van der Waals surface area contributed by atoms with E-state index in [2.05, 4.69) is 45.2 Å². The molecule has 0 bridgehead atoms. The summed E-state index contributed by atoms with van der Waals surface area (Å²) in [6, 6.07) is 7.94. The Bertz CT molecular complexity index is 881. The Hall–Kier alpha value is -3.16. The largest absolute Gasteiger partial charge is 0.490 e. The number of carbonyl (C=O) groups is 2. The van der Waals surface area contributed by atoms with Crippen LogP contribution in [0.15, 0.2) is 73.4 Å². The molecule has 34 heavy (non-hydrogen) atoms. The van der Waals surface area contributed by atoms with Crippen molar-refractivity contribution >= 4 is 11.9 Å². The lowest BCUT2D eigenvalue weighted by Gasteiger charge is -2.30. The van der Waals surface area contributed by atoms with E-state index in [9.17, 15) is 9.59 Å². The Morgan fingerprint density at radius 3 is 2.15 bits per heavy atom. The summed E-state index contributed by atoms with van der Waals surface area (Å²) in [5.41, 5.74) is 2.21. The molecule has 7 heteroatoms. The van der Waals surface area contributed by atoms with Crippen molar-refractivity contribution in [1.82, 2.24) is 0 Å². The number of rotatable bonds is 15. The third-order valence-electron chi connectivity index (χ3n) is 5.32. The summed E-state index contributed by atoms with van der Waals surface area (Å²) in [7, 11) is 0. The summed E-state index contributed by atoms with van der Waals surface area (Å²) in [6.45, 7) is 12.9. The summed E-state index contributed by atoms with van der Waals surface area (Å²) < 4.78 is 26.6. The van der Waals surface area contributed by atoms with Crippen LogP contribution in [-0.4, -0.2) is 57.7 Å². The highest BCUT2D eigenvalue weighted by Gasteiger charge is 2.26. The number of benzene rings is 1. The number of ether oxygens (including phenoxy) is 5. The lowest BCUT2D eigenvalue weighted by atomic mass is 9.75. The van der Waals surface area contributed by atoms with E-state index >= 15 is 0 Å². The van der Waals surface area contributed by atoms with Crippen molar-refractivity contribution in [3.63, 3.8) is 0 Å². The molecular formula is C27H34O7. The maximum absolute atomic E-state index is 11.0. The molecule has 0 radical (unpaired) electrons. The minimum atomic E-state index is -0.459. The Kier molecular flexibility index (Phi) is 11.3. The number of hydrogen-bond acceptors (Lipinski definition) is 7. The van der Waals surface area contributed by atoms with E-state index in [0.717, 1.165) is 24.3 Å². The van der Waals surface area contributed by atoms with Gasteiger partial charge in [0.25, 0.3) is 0 Å². The molecule has 0 saturated heterocycles. The minimum Gasteiger partial charge on any atom is -0.490 e. The molecule has 0 fully saturated rings. The van der Waals surface area contributed by atoms with Gasteiger partial charge < -0.3 is 23.7 Å². The average Bonchev–Trinajstić information content (AvgIpc) is 2.86. The second-order valence-corrected chi connectivity index (χ2v) is 8.02. The topological polar surface area (TPSA) is 80.3 Å². The Morgan fingerprint density at radius 2 is 1.56 bits per heavy atom. The highest BCUT2D eigenvalue weighted by atomic mass is 16.6. The highest BCUT2D eigenvalue weighted by molar-refractivity contribution is 5.81. The van der Waals surface area contributed by atoms with Crippen LogP contribution in [0.3, 0.4) is 0 Å². The van der Waals surface area contributed by atoms with E-state index in [1.54, 1.807) is 0 Å². The molecule has 7 nitrogen and oxygen atoms in total. The second kappa shape index (κ2) is 14.2. The van der Waals surface area contributed by atoms with Crippen LogP contribution in [0.5, 0.6) is 5.75 Å². The van der Waals surface area contributed by atoms with Crippen LogP contribution in [0, 0.1) is 0 Å². The van der Waals surface area contributed by atoms with E-state index in [1.807, 2.05) is 24.3 Å². The van der Waals surface area contributed by atoms with E-state index in [0.29, 0.717) is 19.8 Å². The molecule has 2 rings (SSSR count). The molecule has 1 atom stereocenters. The summed E-state index contributed by atoms with van der Waals surface area (Å²) >= 11 is 0. The first-order chi connectivity index (χ1) is 16.4. The Balaban J connectivity index is 1.73. The molecule has 0 saturated carbocycles. The molecule has 1 aromatic carbocycles. The van der Waals surface area contributed by atoms with Crippen molar-refractivity contribution in [1.29, 1.82) is 0 Å². The standard InChI is InChI=1S/C27H34O7/c1-5-25(28)33-18-16-30-15-17-31-23-11-7-21(8-12-23)27(3,4)22-9-13-24(14-10-22)32-19-20-34-26(29)6-2/h5-11,13-14,23H,1-2,12,15-20H2,3-4H3. The van der Waals surface area contributed by atoms with Crippen molar-refractivity contribution < 1.29 is 33.3 Å². The molecule has 0 spiro atoms. The number of allylic oxidation sites excluding steroid dienone is 2. The molecule has 0 aromatic heterocycles. The van der Waals surface area contributed by atoms with Crippen LogP contribution >= 0.6 is 0 Å². The summed E-state index contributed by atoms with van der Waals surface area (Å²) in [4.78, 5) is 22.0. The first kappa shape index (κ1) is 27.1.